The number of carbonyl (C=O) groups is 2. The number of ketones is 1. The molecule has 3 heteroatoms. The minimum atomic E-state index is -0.241. The standard InChI is InChI=1S/C22H23NO2/c1-16(2)14-21(24)15-23-22(25)20-12-10-19(11-13-20)9-8-18-6-4-17(3)5-7-18/h4-7,10-13,16H,14-15H2,1-3H3,(H,23,25). The van der Waals surface area contributed by atoms with E-state index in [1.807, 2.05) is 57.2 Å². The van der Waals surface area contributed by atoms with Crippen LogP contribution in [0.3, 0.4) is 0 Å². The predicted octanol–water partition coefficient (Wildman–Crippen LogP) is 3.74. The predicted molar refractivity (Wildman–Crippen MR) is 100 cm³/mol. The number of rotatable bonds is 5. The zero-order chi connectivity index (χ0) is 18.2. The third-order valence-electron chi connectivity index (χ3n) is 3.63. The highest BCUT2D eigenvalue weighted by Gasteiger charge is 2.09. The van der Waals surface area contributed by atoms with Crippen molar-refractivity contribution in [2.24, 2.45) is 5.92 Å². The first kappa shape index (κ1) is 18.5. The van der Waals surface area contributed by atoms with Gasteiger partial charge in [-0.05, 0) is 49.2 Å². The van der Waals surface area contributed by atoms with E-state index in [1.165, 1.54) is 5.56 Å². The molecular formula is C22H23NO2. The summed E-state index contributed by atoms with van der Waals surface area (Å²) < 4.78 is 0. The summed E-state index contributed by atoms with van der Waals surface area (Å²) in [6.07, 6.45) is 0.480. The molecule has 0 radical (unpaired) electrons. The topological polar surface area (TPSA) is 46.2 Å². The van der Waals surface area contributed by atoms with Crippen molar-refractivity contribution in [1.29, 1.82) is 0 Å². The van der Waals surface area contributed by atoms with E-state index >= 15 is 0 Å². The Hall–Kier alpha value is -2.86. The highest BCUT2D eigenvalue weighted by atomic mass is 16.2. The van der Waals surface area contributed by atoms with Crippen molar-refractivity contribution >= 4 is 11.7 Å². The fourth-order valence-corrected chi connectivity index (χ4v) is 2.29. The first-order valence-corrected chi connectivity index (χ1v) is 8.42. The average Bonchev–Trinajstić information content (AvgIpc) is 2.59. The van der Waals surface area contributed by atoms with Crippen LogP contribution in [0, 0.1) is 24.7 Å². The lowest BCUT2D eigenvalue weighted by molar-refractivity contribution is -0.118. The van der Waals surface area contributed by atoms with Crippen molar-refractivity contribution < 1.29 is 9.59 Å². The fourth-order valence-electron chi connectivity index (χ4n) is 2.29. The summed E-state index contributed by atoms with van der Waals surface area (Å²) in [5, 5.41) is 2.66. The number of benzene rings is 2. The summed E-state index contributed by atoms with van der Waals surface area (Å²) in [5.41, 5.74) is 3.52. The third-order valence-corrected chi connectivity index (χ3v) is 3.63. The molecule has 3 nitrogen and oxygen atoms in total. The second-order valence-electron chi connectivity index (χ2n) is 6.51. The van der Waals surface area contributed by atoms with Gasteiger partial charge in [0.15, 0.2) is 5.78 Å². The normalized spacial score (nSPS) is 10.1. The Morgan fingerprint density at radius 2 is 1.44 bits per heavy atom. The first-order chi connectivity index (χ1) is 11.9. The van der Waals surface area contributed by atoms with Gasteiger partial charge in [0, 0.05) is 23.1 Å². The summed E-state index contributed by atoms with van der Waals surface area (Å²) in [4.78, 5) is 23.7. The van der Waals surface area contributed by atoms with Crippen molar-refractivity contribution in [2.45, 2.75) is 27.2 Å². The lowest BCUT2D eigenvalue weighted by Gasteiger charge is -2.06. The third kappa shape index (κ3) is 6.27. The van der Waals surface area contributed by atoms with Gasteiger partial charge >= 0.3 is 0 Å². The Morgan fingerprint density at radius 1 is 0.920 bits per heavy atom. The van der Waals surface area contributed by atoms with Gasteiger partial charge in [-0.2, -0.15) is 0 Å². The van der Waals surface area contributed by atoms with E-state index in [1.54, 1.807) is 12.1 Å². The van der Waals surface area contributed by atoms with Crippen LogP contribution in [-0.4, -0.2) is 18.2 Å². The zero-order valence-electron chi connectivity index (χ0n) is 14.9. The van der Waals surface area contributed by atoms with Crippen LogP contribution in [0.15, 0.2) is 48.5 Å². The maximum atomic E-state index is 12.1. The summed E-state index contributed by atoms with van der Waals surface area (Å²) >= 11 is 0. The maximum Gasteiger partial charge on any atom is 0.251 e. The second kappa shape index (κ2) is 8.84. The highest BCUT2D eigenvalue weighted by molar-refractivity contribution is 5.96. The van der Waals surface area contributed by atoms with Gasteiger partial charge in [0.05, 0.1) is 6.54 Å². The highest BCUT2D eigenvalue weighted by Crippen LogP contribution is 2.06. The van der Waals surface area contributed by atoms with Crippen molar-refractivity contribution in [3.05, 3.63) is 70.8 Å². The fraction of sp³-hybridized carbons (Fsp3) is 0.273. The molecule has 0 aliphatic heterocycles. The van der Waals surface area contributed by atoms with Crippen LogP contribution in [0.4, 0.5) is 0 Å². The van der Waals surface area contributed by atoms with E-state index in [2.05, 4.69) is 17.2 Å². The maximum absolute atomic E-state index is 12.1. The molecule has 0 aliphatic rings. The molecule has 2 rings (SSSR count). The molecule has 0 bridgehead atoms. The Labute approximate surface area is 149 Å². The van der Waals surface area contributed by atoms with Gasteiger partial charge in [-0.3, -0.25) is 9.59 Å². The zero-order valence-corrected chi connectivity index (χ0v) is 14.9. The number of hydrogen-bond acceptors (Lipinski definition) is 2. The van der Waals surface area contributed by atoms with E-state index in [-0.39, 0.29) is 18.2 Å². The van der Waals surface area contributed by atoms with Crippen molar-refractivity contribution in [3.63, 3.8) is 0 Å². The van der Waals surface area contributed by atoms with Crippen molar-refractivity contribution in [2.75, 3.05) is 6.54 Å². The second-order valence-corrected chi connectivity index (χ2v) is 6.51. The molecule has 0 fully saturated rings. The number of hydrogen-bond donors (Lipinski definition) is 1. The van der Waals surface area contributed by atoms with E-state index in [0.29, 0.717) is 17.9 Å². The average molecular weight is 333 g/mol. The lowest BCUT2D eigenvalue weighted by atomic mass is 10.1. The van der Waals surface area contributed by atoms with Crippen LogP contribution < -0.4 is 5.32 Å². The SMILES string of the molecule is Cc1ccc(C#Cc2ccc(C(=O)NCC(=O)CC(C)C)cc2)cc1. The minimum Gasteiger partial charge on any atom is -0.345 e. The summed E-state index contributed by atoms with van der Waals surface area (Å²) in [7, 11) is 0. The van der Waals surface area contributed by atoms with Crippen molar-refractivity contribution in [1.82, 2.24) is 5.32 Å². The Morgan fingerprint density at radius 3 is 1.96 bits per heavy atom. The molecule has 1 amide bonds. The monoisotopic (exact) mass is 333 g/mol. The van der Waals surface area contributed by atoms with Crippen molar-refractivity contribution in [3.8, 4) is 11.8 Å². The number of aryl methyl sites for hydroxylation is 1. The van der Waals surface area contributed by atoms with Gasteiger partial charge in [0.1, 0.15) is 0 Å². The van der Waals surface area contributed by atoms with Gasteiger partial charge in [0.2, 0.25) is 0 Å². The summed E-state index contributed by atoms with van der Waals surface area (Å²) in [6.45, 7) is 6.08. The van der Waals surface area contributed by atoms with Gasteiger partial charge < -0.3 is 5.32 Å². The number of Topliss-reactive ketones (excluding diaryl/α,β-unsaturated/α-hetero) is 1. The van der Waals surface area contributed by atoms with Gasteiger partial charge in [0.25, 0.3) is 5.91 Å². The van der Waals surface area contributed by atoms with Crippen LogP contribution in [0.25, 0.3) is 0 Å². The molecule has 0 aromatic heterocycles. The molecule has 0 saturated carbocycles. The molecule has 0 spiro atoms. The molecule has 0 aliphatic carbocycles. The summed E-state index contributed by atoms with van der Waals surface area (Å²) in [6, 6.07) is 15.1. The Balaban J connectivity index is 1.94. The quantitative estimate of drug-likeness (QED) is 0.847. The van der Waals surface area contributed by atoms with Crippen LogP contribution in [0.5, 0.6) is 0 Å². The molecule has 0 atom stereocenters. The molecule has 0 unspecified atom stereocenters. The van der Waals surface area contributed by atoms with Gasteiger partial charge in [-0.1, -0.05) is 43.4 Å². The minimum absolute atomic E-state index is 0.0453. The number of amides is 1. The van der Waals surface area contributed by atoms with Crippen LogP contribution in [0.2, 0.25) is 0 Å². The first-order valence-electron chi connectivity index (χ1n) is 8.42. The number of nitrogens with one attached hydrogen (secondary N) is 1. The van der Waals surface area contributed by atoms with Crippen LogP contribution in [-0.2, 0) is 4.79 Å². The molecule has 0 saturated heterocycles. The lowest BCUT2D eigenvalue weighted by Crippen LogP contribution is -2.29. The molecule has 25 heavy (non-hydrogen) atoms. The summed E-state index contributed by atoms with van der Waals surface area (Å²) in [5.74, 6) is 6.29. The van der Waals surface area contributed by atoms with Crippen LogP contribution >= 0.6 is 0 Å². The molecule has 1 N–H and O–H groups in total. The van der Waals surface area contributed by atoms with Gasteiger partial charge in [-0.15, -0.1) is 0 Å². The molecule has 2 aromatic rings. The molecule has 128 valence electrons. The Kier molecular flexibility index (Phi) is 6.54. The number of carbonyl (C=O) groups excluding carboxylic acids is 2. The van der Waals surface area contributed by atoms with E-state index in [0.717, 1.165) is 11.1 Å². The van der Waals surface area contributed by atoms with E-state index in [9.17, 15) is 9.59 Å². The molecular weight excluding hydrogens is 310 g/mol. The Bertz CT molecular complexity index is 791. The van der Waals surface area contributed by atoms with Gasteiger partial charge in [-0.25, -0.2) is 0 Å². The van der Waals surface area contributed by atoms with Crippen LogP contribution in [0.1, 0.15) is 47.3 Å². The smallest absolute Gasteiger partial charge is 0.251 e. The van der Waals surface area contributed by atoms with E-state index < -0.39 is 0 Å². The molecule has 2 aromatic carbocycles. The largest absolute Gasteiger partial charge is 0.345 e. The molecule has 0 heterocycles. The van der Waals surface area contributed by atoms with E-state index in [4.69, 9.17) is 0 Å².